The van der Waals surface area contributed by atoms with Gasteiger partial charge in [-0.15, -0.1) is 0 Å². The maximum absolute atomic E-state index is 13.1. The van der Waals surface area contributed by atoms with Gasteiger partial charge < -0.3 is 15.4 Å². The Balaban J connectivity index is 1.55. The standard InChI is InChI=1S/C22H18BrF3N4O2S/c1-32-18-9-6-13(20(31)28-14-7-8-14)12-17(18)27-10-2-5-16-21(33-22(24,25)26)30-11-3-4-15(23)19(30)29-16/h3-4,6,9,11-12,14,27H,7-8,10H2,1H3,(H,28,31). The first-order valence-electron chi connectivity index (χ1n) is 9.89. The molecule has 6 nitrogen and oxygen atoms in total. The van der Waals surface area contributed by atoms with Gasteiger partial charge in [0.25, 0.3) is 5.91 Å². The van der Waals surface area contributed by atoms with E-state index in [0.717, 1.165) is 12.8 Å². The minimum absolute atomic E-state index is 0.0237. The number of thioether (sulfide) groups is 1. The van der Waals surface area contributed by atoms with Gasteiger partial charge in [-0.2, -0.15) is 13.2 Å². The number of imidazole rings is 1. The van der Waals surface area contributed by atoms with E-state index in [1.807, 2.05) is 0 Å². The lowest BCUT2D eigenvalue weighted by Crippen LogP contribution is -2.25. The van der Waals surface area contributed by atoms with Crippen molar-refractivity contribution in [3.63, 3.8) is 0 Å². The maximum Gasteiger partial charge on any atom is 0.447 e. The summed E-state index contributed by atoms with van der Waals surface area (Å²) < 4.78 is 46.6. The summed E-state index contributed by atoms with van der Waals surface area (Å²) in [6, 6.07) is 8.55. The molecule has 3 aromatic rings. The van der Waals surface area contributed by atoms with E-state index in [4.69, 9.17) is 4.74 Å². The zero-order chi connectivity index (χ0) is 23.6. The van der Waals surface area contributed by atoms with Gasteiger partial charge in [-0.05, 0) is 65.0 Å². The zero-order valence-electron chi connectivity index (χ0n) is 17.3. The van der Waals surface area contributed by atoms with E-state index in [-0.39, 0.29) is 41.0 Å². The molecule has 1 aliphatic rings. The molecule has 1 fully saturated rings. The van der Waals surface area contributed by atoms with Crippen LogP contribution >= 0.6 is 27.7 Å². The molecule has 4 rings (SSSR count). The number of alkyl halides is 3. The topological polar surface area (TPSA) is 67.7 Å². The van der Waals surface area contributed by atoms with Crippen molar-refractivity contribution in [2.75, 3.05) is 19.0 Å². The maximum atomic E-state index is 13.1. The van der Waals surface area contributed by atoms with Crippen molar-refractivity contribution in [1.82, 2.24) is 14.7 Å². The molecule has 0 unspecified atom stereocenters. The summed E-state index contributed by atoms with van der Waals surface area (Å²) in [6.07, 6.45) is 3.47. The fourth-order valence-corrected chi connectivity index (χ4v) is 4.14. The SMILES string of the molecule is COc1ccc(C(=O)NC2CC2)cc1NCC#Cc1nc2c(Br)cccn2c1SC(F)(F)F. The lowest BCUT2D eigenvalue weighted by molar-refractivity contribution is -0.0330. The van der Waals surface area contributed by atoms with Crippen molar-refractivity contribution < 1.29 is 22.7 Å². The molecular formula is C22H18BrF3N4O2S. The van der Waals surface area contributed by atoms with E-state index >= 15 is 0 Å². The van der Waals surface area contributed by atoms with Gasteiger partial charge in [0, 0.05) is 29.6 Å². The van der Waals surface area contributed by atoms with Crippen molar-refractivity contribution in [3.05, 3.63) is 52.3 Å². The van der Waals surface area contributed by atoms with Crippen LogP contribution in [0.15, 0.2) is 46.0 Å². The number of pyridine rings is 1. The number of carbonyl (C=O) groups excluding carboxylic acids is 1. The minimum Gasteiger partial charge on any atom is -0.495 e. The van der Waals surface area contributed by atoms with Crippen LogP contribution in [-0.4, -0.2) is 40.5 Å². The van der Waals surface area contributed by atoms with Crippen LogP contribution in [0.1, 0.15) is 28.9 Å². The first-order valence-corrected chi connectivity index (χ1v) is 11.5. The summed E-state index contributed by atoms with van der Waals surface area (Å²) in [5.41, 5.74) is -3.08. The van der Waals surface area contributed by atoms with E-state index in [0.29, 0.717) is 27.1 Å². The number of nitrogens with one attached hydrogen (secondary N) is 2. The van der Waals surface area contributed by atoms with Gasteiger partial charge in [0.15, 0.2) is 5.65 Å². The molecule has 0 saturated heterocycles. The highest BCUT2D eigenvalue weighted by molar-refractivity contribution is 9.10. The first kappa shape index (κ1) is 23.3. The third-order valence-electron chi connectivity index (χ3n) is 4.72. The normalized spacial score (nSPS) is 13.4. The van der Waals surface area contributed by atoms with Crippen LogP contribution in [0.5, 0.6) is 5.75 Å². The monoisotopic (exact) mass is 538 g/mol. The molecule has 1 aromatic carbocycles. The molecule has 1 amide bonds. The molecule has 0 bridgehead atoms. The Hall–Kier alpha value is -2.84. The second-order valence-electron chi connectivity index (χ2n) is 7.18. The van der Waals surface area contributed by atoms with Crippen molar-refractivity contribution >= 4 is 44.9 Å². The predicted molar refractivity (Wildman–Crippen MR) is 124 cm³/mol. The fourth-order valence-electron chi connectivity index (χ4n) is 3.05. The van der Waals surface area contributed by atoms with Gasteiger partial charge in [-0.3, -0.25) is 9.20 Å². The lowest BCUT2D eigenvalue weighted by atomic mass is 10.1. The molecule has 0 spiro atoms. The molecule has 11 heteroatoms. The van der Waals surface area contributed by atoms with Gasteiger partial charge in [0.2, 0.25) is 0 Å². The van der Waals surface area contributed by atoms with Gasteiger partial charge in [0.05, 0.1) is 23.8 Å². The molecule has 2 aromatic heterocycles. The average molecular weight is 539 g/mol. The van der Waals surface area contributed by atoms with Crippen LogP contribution in [0, 0.1) is 11.8 Å². The Morgan fingerprint density at radius 2 is 2.15 bits per heavy atom. The van der Waals surface area contributed by atoms with Crippen LogP contribution in [-0.2, 0) is 0 Å². The zero-order valence-corrected chi connectivity index (χ0v) is 19.7. The van der Waals surface area contributed by atoms with Crippen LogP contribution in [0.3, 0.4) is 0 Å². The van der Waals surface area contributed by atoms with Gasteiger partial charge >= 0.3 is 5.51 Å². The van der Waals surface area contributed by atoms with E-state index in [9.17, 15) is 18.0 Å². The summed E-state index contributed by atoms with van der Waals surface area (Å²) >= 11 is 3.05. The quantitative estimate of drug-likeness (QED) is 0.338. The number of carbonyl (C=O) groups is 1. The van der Waals surface area contributed by atoms with Crippen molar-refractivity contribution in [3.8, 4) is 17.6 Å². The number of hydrogen-bond acceptors (Lipinski definition) is 5. The predicted octanol–water partition coefficient (Wildman–Crippen LogP) is 5.07. The molecule has 1 saturated carbocycles. The molecule has 0 aliphatic heterocycles. The summed E-state index contributed by atoms with van der Waals surface area (Å²) in [5.74, 6) is 5.89. The van der Waals surface area contributed by atoms with Crippen LogP contribution < -0.4 is 15.4 Å². The summed E-state index contributed by atoms with van der Waals surface area (Å²) in [7, 11) is 1.51. The third-order valence-corrected chi connectivity index (χ3v) is 6.15. The fraction of sp³-hybridized carbons (Fsp3) is 0.273. The van der Waals surface area contributed by atoms with Gasteiger partial charge in [0.1, 0.15) is 16.5 Å². The molecule has 0 atom stereocenters. The summed E-state index contributed by atoms with van der Waals surface area (Å²) in [5, 5.41) is 5.87. The molecule has 2 N–H and O–H groups in total. The van der Waals surface area contributed by atoms with Crippen LogP contribution in [0.25, 0.3) is 5.65 Å². The number of nitrogens with zero attached hydrogens (tertiary/aromatic N) is 2. The number of fused-ring (bicyclic) bond motifs is 1. The van der Waals surface area contributed by atoms with Crippen molar-refractivity contribution in [2.45, 2.75) is 29.4 Å². The molecule has 2 heterocycles. The molecule has 1 aliphatic carbocycles. The Morgan fingerprint density at radius 1 is 1.36 bits per heavy atom. The second-order valence-corrected chi connectivity index (χ2v) is 9.09. The number of amides is 1. The summed E-state index contributed by atoms with van der Waals surface area (Å²) in [4.78, 5) is 16.6. The molecule has 0 radical (unpaired) electrons. The third kappa shape index (κ3) is 5.75. The number of halogens is 4. The van der Waals surface area contributed by atoms with Crippen LogP contribution in [0.2, 0.25) is 0 Å². The first-order chi connectivity index (χ1) is 15.7. The highest BCUT2D eigenvalue weighted by Crippen LogP contribution is 2.39. The molecular weight excluding hydrogens is 521 g/mol. The smallest absolute Gasteiger partial charge is 0.447 e. The number of hydrogen-bond donors (Lipinski definition) is 2. The van der Waals surface area contributed by atoms with Gasteiger partial charge in [-0.1, -0.05) is 5.92 Å². The molecule has 33 heavy (non-hydrogen) atoms. The Bertz CT molecular complexity index is 1260. The van der Waals surface area contributed by atoms with Crippen molar-refractivity contribution in [1.29, 1.82) is 0 Å². The second kappa shape index (κ2) is 9.57. The van der Waals surface area contributed by atoms with Crippen molar-refractivity contribution in [2.24, 2.45) is 0 Å². The van der Waals surface area contributed by atoms with Crippen LogP contribution in [0.4, 0.5) is 18.9 Å². The number of rotatable bonds is 6. The number of methoxy groups -OCH3 is 1. The van der Waals surface area contributed by atoms with Gasteiger partial charge in [-0.25, -0.2) is 4.98 Å². The average Bonchev–Trinajstić information content (AvgIpc) is 3.52. The van der Waals surface area contributed by atoms with E-state index in [1.165, 1.54) is 17.7 Å². The van der Waals surface area contributed by atoms with E-state index in [2.05, 4.69) is 43.4 Å². The largest absolute Gasteiger partial charge is 0.495 e. The highest BCUT2D eigenvalue weighted by Gasteiger charge is 2.33. The lowest BCUT2D eigenvalue weighted by Gasteiger charge is -2.11. The summed E-state index contributed by atoms with van der Waals surface area (Å²) in [6.45, 7) is 0.106. The Morgan fingerprint density at radius 3 is 2.85 bits per heavy atom. The van der Waals surface area contributed by atoms with E-state index < -0.39 is 5.51 Å². The van der Waals surface area contributed by atoms with E-state index in [1.54, 1.807) is 30.3 Å². The molecule has 172 valence electrons. The number of ether oxygens (including phenoxy) is 1. The number of benzene rings is 1. The Kier molecular flexibility index (Phi) is 6.76. The number of anilines is 1. The number of aromatic nitrogens is 2. The highest BCUT2D eigenvalue weighted by atomic mass is 79.9. The minimum atomic E-state index is -4.48. The Labute approximate surface area is 200 Å².